The first-order valence-electron chi connectivity index (χ1n) is 13.8. The minimum atomic E-state index is -1.46. The van der Waals surface area contributed by atoms with E-state index in [1.807, 2.05) is 11.8 Å². The summed E-state index contributed by atoms with van der Waals surface area (Å²) in [6.45, 7) is 4.40. The van der Waals surface area contributed by atoms with Gasteiger partial charge in [-0.05, 0) is 98.4 Å². The average Bonchev–Trinajstić information content (AvgIpc) is 3.20. The Hall–Kier alpha value is -3.01. The molecule has 2 N–H and O–H groups in total. The Kier molecular flexibility index (Phi) is 8.40. The zero-order valence-corrected chi connectivity index (χ0v) is 25.1. The molecule has 3 unspecified atom stereocenters. The number of likely N-dealkylation sites (tertiary alicyclic amines) is 1. The summed E-state index contributed by atoms with van der Waals surface area (Å²) < 4.78 is 21.9. The molecule has 1 saturated heterocycles. The first-order chi connectivity index (χ1) is 19.9. The number of amides is 1. The van der Waals surface area contributed by atoms with Crippen LogP contribution in [0.25, 0.3) is 0 Å². The molecule has 0 spiro atoms. The summed E-state index contributed by atoms with van der Waals surface area (Å²) in [6, 6.07) is 16.6. The van der Waals surface area contributed by atoms with Crippen LogP contribution in [0.4, 0.5) is 10.1 Å². The van der Waals surface area contributed by atoms with E-state index in [9.17, 15) is 19.8 Å². The number of carboxylic acid groups (broad SMARTS) is 1. The molecule has 10 heteroatoms. The fourth-order valence-electron chi connectivity index (χ4n) is 6.62. The molecule has 3 aromatic carbocycles. The minimum Gasteiger partial charge on any atom is -0.480 e. The zero-order valence-electron chi connectivity index (χ0n) is 23.6. The van der Waals surface area contributed by atoms with Gasteiger partial charge < -0.3 is 14.9 Å². The van der Waals surface area contributed by atoms with E-state index in [1.54, 1.807) is 61.5 Å². The number of rotatable bonds is 8. The molecule has 2 heterocycles. The maximum atomic E-state index is 16.1. The summed E-state index contributed by atoms with van der Waals surface area (Å²) in [5, 5.41) is 22.8. The quantitative estimate of drug-likeness (QED) is 0.305. The molecule has 3 aromatic rings. The summed E-state index contributed by atoms with van der Waals surface area (Å²) >= 11 is 12.2. The third-order valence-electron chi connectivity index (χ3n) is 8.95. The van der Waals surface area contributed by atoms with Crippen molar-refractivity contribution in [3.8, 4) is 0 Å². The first-order valence-corrected chi connectivity index (χ1v) is 14.6. The maximum absolute atomic E-state index is 16.1. The lowest BCUT2D eigenvalue weighted by Gasteiger charge is -2.45. The van der Waals surface area contributed by atoms with Gasteiger partial charge in [0.05, 0.1) is 23.3 Å². The third kappa shape index (κ3) is 5.20. The molecular formula is C32H33Cl2FN2O5. The summed E-state index contributed by atoms with van der Waals surface area (Å²) in [6.07, 6.45) is 1.07. The molecule has 5 rings (SSSR count). The summed E-state index contributed by atoms with van der Waals surface area (Å²) in [4.78, 5) is 28.4. The van der Waals surface area contributed by atoms with Gasteiger partial charge in [-0.3, -0.25) is 19.4 Å². The molecule has 0 aromatic heterocycles. The van der Waals surface area contributed by atoms with Crippen molar-refractivity contribution in [1.82, 2.24) is 4.90 Å². The van der Waals surface area contributed by atoms with Crippen molar-refractivity contribution in [2.24, 2.45) is 5.92 Å². The maximum Gasteiger partial charge on any atom is 0.317 e. The number of hydrogen-bond donors (Lipinski definition) is 2. The Morgan fingerprint density at radius 1 is 1.10 bits per heavy atom. The molecule has 0 bridgehead atoms. The van der Waals surface area contributed by atoms with E-state index in [-0.39, 0.29) is 23.6 Å². The van der Waals surface area contributed by atoms with Gasteiger partial charge in [0.1, 0.15) is 5.82 Å². The standard InChI is InChI=1S/C32H33Cl2FN2O5/c1-19(32(41,21-4-6-23(33)7-5-21)22-12-14-36(15-13-22)18-28(38)39)20-16-26-29(27(35)17-20)31(2,42-3)37(30(26)40)25-10-8-24(34)9-11-25/h4-11,16-17,19,22,41H,12-15,18H2,1-3H3,(H,38,39). The Balaban J connectivity index is 1.57. The van der Waals surface area contributed by atoms with Crippen molar-refractivity contribution >= 4 is 40.8 Å². The van der Waals surface area contributed by atoms with E-state index in [2.05, 4.69) is 0 Å². The van der Waals surface area contributed by atoms with Crippen molar-refractivity contribution < 1.29 is 28.9 Å². The Labute approximate surface area is 254 Å². The van der Waals surface area contributed by atoms with Gasteiger partial charge in [-0.25, -0.2) is 4.39 Å². The number of halogens is 3. The highest BCUT2D eigenvalue weighted by molar-refractivity contribution is 6.31. The molecule has 0 saturated carbocycles. The van der Waals surface area contributed by atoms with E-state index in [0.29, 0.717) is 52.8 Å². The number of carbonyl (C=O) groups excluding carboxylic acids is 1. The molecule has 1 fully saturated rings. The molecule has 0 radical (unpaired) electrons. The van der Waals surface area contributed by atoms with Gasteiger partial charge in [-0.15, -0.1) is 0 Å². The topological polar surface area (TPSA) is 90.3 Å². The second-order valence-corrected chi connectivity index (χ2v) is 12.1. The van der Waals surface area contributed by atoms with E-state index < -0.39 is 34.9 Å². The smallest absolute Gasteiger partial charge is 0.317 e. The van der Waals surface area contributed by atoms with Crippen LogP contribution in [0.3, 0.4) is 0 Å². The number of hydrogen-bond acceptors (Lipinski definition) is 5. The van der Waals surface area contributed by atoms with Crippen LogP contribution in [-0.2, 0) is 20.9 Å². The van der Waals surface area contributed by atoms with Crippen LogP contribution >= 0.6 is 23.2 Å². The van der Waals surface area contributed by atoms with Crippen molar-refractivity contribution in [3.05, 3.63) is 98.8 Å². The SMILES string of the molecule is COC1(C)c2c(F)cc(C(C)C(O)(c3ccc(Cl)cc3)C3CCN(CC(=O)O)CC3)cc2C(=O)N1c1ccc(Cl)cc1. The van der Waals surface area contributed by atoms with E-state index in [1.165, 1.54) is 18.1 Å². The number of aliphatic carboxylic acids is 1. The van der Waals surface area contributed by atoms with Gasteiger partial charge in [0.15, 0.2) is 5.72 Å². The van der Waals surface area contributed by atoms with Gasteiger partial charge >= 0.3 is 5.97 Å². The van der Waals surface area contributed by atoms with Crippen molar-refractivity contribution in [2.45, 2.75) is 43.9 Å². The predicted octanol–water partition coefficient (Wildman–Crippen LogP) is 6.40. The largest absolute Gasteiger partial charge is 0.480 e. The Morgan fingerprint density at radius 3 is 2.21 bits per heavy atom. The minimum absolute atomic E-state index is 0.0673. The molecule has 0 aliphatic carbocycles. The highest BCUT2D eigenvalue weighted by Crippen LogP contribution is 2.50. The lowest BCUT2D eigenvalue weighted by molar-refractivity contribution is -0.139. The number of carbonyl (C=O) groups is 2. The fourth-order valence-corrected chi connectivity index (χ4v) is 6.88. The molecule has 222 valence electrons. The molecule has 3 atom stereocenters. The lowest BCUT2D eigenvalue weighted by Crippen LogP contribution is -2.47. The average molecular weight is 616 g/mol. The van der Waals surface area contributed by atoms with E-state index in [0.717, 1.165) is 0 Å². The van der Waals surface area contributed by atoms with Crippen molar-refractivity contribution in [2.75, 3.05) is 31.6 Å². The van der Waals surface area contributed by atoms with Gasteiger partial charge in [-0.2, -0.15) is 0 Å². The van der Waals surface area contributed by atoms with Gasteiger partial charge in [0, 0.05) is 28.8 Å². The number of fused-ring (bicyclic) bond motifs is 1. The van der Waals surface area contributed by atoms with Gasteiger partial charge in [-0.1, -0.05) is 42.3 Å². The fraction of sp³-hybridized carbons (Fsp3) is 0.375. The van der Waals surface area contributed by atoms with E-state index in [4.69, 9.17) is 27.9 Å². The normalized spacial score (nSPS) is 21.7. The van der Waals surface area contributed by atoms with Crippen molar-refractivity contribution in [1.29, 1.82) is 0 Å². The molecule has 7 nitrogen and oxygen atoms in total. The van der Waals surface area contributed by atoms with Gasteiger partial charge in [0.2, 0.25) is 0 Å². The summed E-state index contributed by atoms with van der Waals surface area (Å²) in [5.74, 6) is -2.84. The van der Waals surface area contributed by atoms with Crippen molar-refractivity contribution in [3.63, 3.8) is 0 Å². The van der Waals surface area contributed by atoms with E-state index >= 15 is 4.39 Å². The monoisotopic (exact) mass is 614 g/mol. The number of anilines is 1. The number of ether oxygens (including phenoxy) is 1. The molecular weight excluding hydrogens is 582 g/mol. The van der Waals surface area contributed by atoms with Crippen LogP contribution < -0.4 is 4.90 Å². The van der Waals surface area contributed by atoms with Crippen LogP contribution in [0.15, 0.2) is 60.7 Å². The number of methoxy groups -OCH3 is 1. The highest BCUT2D eigenvalue weighted by atomic mass is 35.5. The number of benzene rings is 3. The van der Waals surface area contributed by atoms with Crippen LogP contribution in [-0.4, -0.2) is 53.7 Å². The second kappa shape index (κ2) is 11.6. The van der Waals surface area contributed by atoms with Crippen LogP contribution in [0.1, 0.15) is 59.7 Å². The molecule has 2 aliphatic rings. The molecule has 2 aliphatic heterocycles. The third-order valence-corrected chi connectivity index (χ3v) is 9.46. The Bertz CT molecular complexity index is 1490. The van der Waals surface area contributed by atoms with Gasteiger partial charge in [0.25, 0.3) is 5.91 Å². The number of aliphatic hydroxyl groups is 1. The Morgan fingerprint density at radius 2 is 1.67 bits per heavy atom. The van der Waals surface area contributed by atoms with Crippen LogP contribution in [0.2, 0.25) is 10.0 Å². The second-order valence-electron chi connectivity index (χ2n) is 11.2. The summed E-state index contributed by atoms with van der Waals surface area (Å²) in [7, 11) is 1.43. The molecule has 1 amide bonds. The number of piperidine rings is 1. The lowest BCUT2D eigenvalue weighted by atomic mass is 9.67. The van der Waals surface area contributed by atoms with Crippen LogP contribution in [0, 0.1) is 11.7 Å². The molecule has 42 heavy (non-hydrogen) atoms. The first kappa shape index (κ1) is 30.4. The highest BCUT2D eigenvalue weighted by Gasteiger charge is 2.51. The number of nitrogens with zero attached hydrogens (tertiary/aromatic N) is 2. The van der Waals surface area contributed by atoms with Crippen LogP contribution in [0.5, 0.6) is 0 Å². The number of carboxylic acids is 1. The summed E-state index contributed by atoms with van der Waals surface area (Å²) in [5.41, 5.74) is -0.999. The predicted molar refractivity (Wildman–Crippen MR) is 160 cm³/mol. The zero-order chi connectivity index (χ0) is 30.4.